The maximum atomic E-state index is 12.8. The molecule has 0 aliphatic rings. The highest BCUT2D eigenvalue weighted by Crippen LogP contribution is 2.34. The summed E-state index contributed by atoms with van der Waals surface area (Å²) < 4.78 is 34.4. The average molecular weight is 384 g/mol. The molecule has 0 aliphatic carbocycles. The van der Waals surface area contributed by atoms with Crippen LogP contribution in [0.4, 0.5) is 5.13 Å². The van der Waals surface area contributed by atoms with Gasteiger partial charge in [0.2, 0.25) is 0 Å². The van der Waals surface area contributed by atoms with Gasteiger partial charge in [-0.2, -0.15) is 0 Å². The summed E-state index contributed by atoms with van der Waals surface area (Å²) in [4.78, 5) is 4.62. The van der Waals surface area contributed by atoms with Crippen molar-refractivity contribution >= 4 is 47.5 Å². The molecule has 0 spiro atoms. The Bertz CT molecular complexity index is 1230. The second-order valence-corrected chi connectivity index (χ2v) is 8.59. The smallest absolute Gasteiger partial charge is 0.267 e. The molecule has 1 aromatic heterocycles. The zero-order valence-electron chi connectivity index (χ0n) is 14.2. The van der Waals surface area contributed by atoms with E-state index >= 15 is 0 Å². The summed E-state index contributed by atoms with van der Waals surface area (Å²) in [5.41, 5.74) is 1.63. The monoisotopic (exact) mass is 384 g/mol. The lowest BCUT2D eigenvalue weighted by molar-refractivity contribution is 0.402. The molecule has 0 unspecified atom stereocenters. The third-order valence-electron chi connectivity index (χ3n) is 4.11. The number of hydrogen-bond donors (Lipinski definition) is 1. The highest BCUT2D eigenvalue weighted by atomic mass is 32.2. The first-order chi connectivity index (χ1) is 12.5. The lowest BCUT2D eigenvalue weighted by Crippen LogP contribution is -2.14. The van der Waals surface area contributed by atoms with E-state index in [1.165, 1.54) is 18.4 Å². The molecule has 0 radical (unpaired) electrons. The molecule has 3 aromatic carbocycles. The summed E-state index contributed by atoms with van der Waals surface area (Å²) in [6, 6.07) is 16.9. The normalized spacial score (nSPS) is 11.8. The van der Waals surface area contributed by atoms with Crippen LogP contribution in [-0.4, -0.2) is 20.5 Å². The van der Waals surface area contributed by atoms with E-state index in [9.17, 15) is 8.42 Å². The molecular formula is C19H16N2O3S2. The third-order valence-corrected chi connectivity index (χ3v) is 6.54. The zero-order chi connectivity index (χ0) is 18.3. The fraction of sp³-hybridized carbons (Fsp3) is 0.105. The number of sulfonamides is 1. The number of nitrogens with one attached hydrogen (secondary N) is 1. The van der Waals surface area contributed by atoms with Crippen LogP contribution < -0.4 is 9.46 Å². The number of anilines is 1. The number of nitrogens with zero attached hydrogens (tertiary/aromatic N) is 1. The zero-order valence-corrected chi connectivity index (χ0v) is 15.8. The van der Waals surface area contributed by atoms with E-state index in [1.54, 1.807) is 12.1 Å². The Balaban J connectivity index is 1.79. The van der Waals surface area contributed by atoms with Gasteiger partial charge in [-0.15, -0.1) is 0 Å². The van der Waals surface area contributed by atoms with Gasteiger partial charge < -0.3 is 4.74 Å². The third kappa shape index (κ3) is 2.89. The Labute approximate surface area is 155 Å². The van der Waals surface area contributed by atoms with E-state index in [2.05, 4.69) is 9.71 Å². The van der Waals surface area contributed by atoms with Crippen molar-refractivity contribution in [2.45, 2.75) is 11.8 Å². The molecule has 132 valence electrons. The van der Waals surface area contributed by atoms with Crippen LogP contribution in [0.15, 0.2) is 59.5 Å². The first-order valence-corrected chi connectivity index (χ1v) is 10.2. The second-order valence-electron chi connectivity index (χ2n) is 5.91. The molecule has 1 heterocycles. The van der Waals surface area contributed by atoms with Gasteiger partial charge in [0, 0.05) is 5.39 Å². The largest absolute Gasteiger partial charge is 0.495 e. The van der Waals surface area contributed by atoms with E-state index in [4.69, 9.17) is 4.74 Å². The fourth-order valence-electron chi connectivity index (χ4n) is 2.87. The Hall–Kier alpha value is -2.64. The first kappa shape index (κ1) is 16.8. The predicted molar refractivity (Wildman–Crippen MR) is 106 cm³/mol. The Morgan fingerprint density at radius 3 is 2.69 bits per heavy atom. The molecule has 0 atom stereocenters. The van der Waals surface area contributed by atoms with E-state index in [-0.39, 0.29) is 4.90 Å². The van der Waals surface area contributed by atoms with Crippen molar-refractivity contribution in [1.29, 1.82) is 0 Å². The van der Waals surface area contributed by atoms with Gasteiger partial charge in [-0.25, -0.2) is 13.4 Å². The highest BCUT2D eigenvalue weighted by molar-refractivity contribution is 7.93. The number of rotatable bonds is 4. The van der Waals surface area contributed by atoms with Crippen molar-refractivity contribution in [2.75, 3.05) is 11.8 Å². The van der Waals surface area contributed by atoms with Crippen molar-refractivity contribution < 1.29 is 13.2 Å². The van der Waals surface area contributed by atoms with Crippen LogP contribution in [0, 0.1) is 6.92 Å². The fourth-order valence-corrected chi connectivity index (χ4v) is 5.24. The minimum Gasteiger partial charge on any atom is -0.495 e. The SMILES string of the molecule is COc1ccc(C)cc1S(=O)(=O)Nc1nc2c(ccc3ccccc32)s1. The van der Waals surface area contributed by atoms with Crippen LogP contribution in [0.25, 0.3) is 21.0 Å². The molecule has 1 N–H and O–H groups in total. The quantitative estimate of drug-likeness (QED) is 0.560. The minimum atomic E-state index is -3.81. The van der Waals surface area contributed by atoms with Gasteiger partial charge in [0.05, 0.1) is 17.3 Å². The molecule has 0 fully saturated rings. The number of methoxy groups -OCH3 is 1. The van der Waals surface area contributed by atoms with Gasteiger partial charge in [0.25, 0.3) is 10.0 Å². The van der Waals surface area contributed by atoms with Gasteiger partial charge in [0.1, 0.15) is 10.6 Å². The summed E-state index contributed by atoms with van der Waals surface area (Å²) in [5, 5.41) is 2.40. The summed E-state index contributed by atoms with van der Waals surface area (Å²) >= 11 is 1.31. The van der Waals surface area contributed by atoms with Crippen LogP contribution in [-0.2, 0) is 10.0 Å². The maximum absolute atomic E-state index is 12.8. The van der Waals surface area contributed by atoms with Crippen LogP contribution >= 0.6 is 11.3 Å². The predicted octanol–water partition coefficient (Wildman–Crippen LogP) is 4.57. The van der Waals surface area contributed by atoms with Crippen LogP contribution in [0.2, 0.25) is 0 Å². The highest BCUT2D eigenvalue weighted by Gasteiger charge is 2.21. The number of benzene rings is 3. The van der Waals surface area contributed by atoms with E-state index in [0.717, 1.165) is 26.6 Å². The van der Waals surface area contributed by atoms with Gasteiger partial charge in [-0.3, -0.25) is 4.72 Å². The standard InChI is InChI=1S/C19H16N2O3S2/c1-12-7-9-15(24-2)17(11-12)26(22,23)21-19-20-18-14-6-4-3-5-13(14)8-10-16(18)25-19/h3-11H,1-2H3,(H,20,21). The number of aryl methyl sites for hydroxylation is 1. The second kappa shape index (κ2) is 6.26. The molecule has 4 aromatic rings. The molecule has 0 aliphatic heterocycles. The molecular weight excluding hydrogens is 368 g/mol. The van der Waals surface area contributed by atoms with Crippen LogP contribution in [0.1, 0.15) is 5.56 Å². The van der Waals surface area contributed by atoms with E-state index < -0.39 is 10.0 Å². The van der Waals surface area contributed by atoms with Crippen molar-refractivity contribution in [1.82, 2.24) is 4.98 Å². The average Bonchev–Trinajstić information content (AvgIpc) is 3.04. The molecule has 0 bridgehead atoms. The Morgan fingerprint density at radius 2 is 1.88 bits per heavy atom. The lowest BCUT2D eigenvalue weighted by Gasteiger charge is -2.10. The van der Waals surface area contributed by atoms with E-state index in [1.807, 2.05) is 49.4 Å². The van der Waals surface area contributed by atoms with Gasteiger partial charge >= 0.3 is 0 Å². The van der Waals surface area contributed by atoms with Gasteiger partial charge in [0.15, 0.2) is 5.13 Å². The summed E-state index contributed by atoms with van der Waals surface area (Å²) in [7, 11) is -2.35. The van der Waals surface area contributed by atoms with Crippen molar-refractivity contribution in [3.05, 3.63) is 60.2 Å². The van der Waals surface area contributed by atoms with Crippen molar-refractivity contribution in [2.24, 2.45) is 0 Å². The molecule has 4 rings (SSSR count). The molecule has 26 heavy (non-hydrogen) atoms. The van der Waals surface area contributed by atoms with Crippen LogP contribution in [0.3, 0.4) is 0 Å². The molecule has 0 saturated heterocycles. The topological polar surface area (TPSA) is 68.3 Å². The number of hydrogen-bond acceptors (Lipinski definition) is 5. The number of ether oxygens (including phenoxy) is 1. The number of fused-ring (bicyclic) bond motifs is 3. The van der Waals surface area contributed by atoms with Crippen LogP contribution in [0.5, 0.6) is 5.75 Å². The molecule has 0 saturated carbocycles. The maximum Gasteiger partial charge on any atom is 0.267 e. The summed E-state index contributed by atoms with van der Waals surface area (Å²) in [6.07, 6.45) is 0. The Kier molecular flexibility index (Phi) is 4.05. The van der Waals surface area contributed by atoms with E-state index in [0.29, 0.717) is 10.9 Å². The first-order valence-electron chi connectivity index (χ1n) is 7.94. The number of aromatic nitrogens is 1. The summed E-state index contributed by atoms with van der Waals surface area (Å²) in [5.74, 6) is 0.301. The molecule has 5 nitrogen and oxygen atoms in total. The number of thiazole rings is 1. The Morgan fingerprint density at radius 1 is 1.08 bits per heavy atom. The van der Waals surface area contributed by atoms with Crippen molar-refractivity contribution in [3.63, 3.8) is 0 Å². The molecule has 0 amide bonds. The minimum absolute atomic E-state index is 0.101. The summed E-state index contributed by atoms with van der Waals surface area (Å²) in [6.45, 7) is 1.84. The lowest BCUT2D eigenvalue weighted by atomic mass is 10.1. The van der Waals surface area contributed by atoms with Crippen molar-refractivity contribution in [3.8, 4) is 5.75 Å². The van der Waals surface area contributed by atoms with Gasteiger partial charge in [-0.05, 0) is 36.1 Å². The van der Waals surface area contributed by atoms with Gasteiger partial charge in [-0.1, -0.05) is 47.7 Å². The molecule has 7 heteroatoms.